The van der Waals surface area contributed by atoms with Crippen LogP contribution in [0.25, 0.3) is 0 Å². The maximum absolute atomic E-state index is 11.7. The van der Waals surface area contributed by atoms with Gasteiger partial charge in [0.15, 0.2) is 0 Å². The SMILES string of the molecule is CC(C)(C)OC(=O)NS(=O)(=O)NCC(F)(F)F. The Balaban J connectivity index is 4.33. The van der Waals surface area contributed by atoms with E-state index in [9.17, 15) is 26.4 Å². The molecular formula is C7H13F3N2O4S. The summed E-state index contributed by atoms with van der Waals surface area (Å²) in [6, 6.07) is 0. The molecule has 0 bridgehead atoms. The van der Waals surface area contributed by atoms with Gasteiger partial charge in [0, 0.05) is 0 Å². The number of halogens is 3. The van der Waals surface area contributed by atoms with Gasteiger partial charge in [-0.25, -0.2) is 9.52 Å². The van der Waals surface area contributed by atoms with Crippen molar-refractivity contribution in [2.75, 3.05) is 6.54 Å². The largest absolute Gasteiger partial charge is 0.443 e. The highest BCUT2D eigenvalue weighted by Gasteiger charge is 2.30. The average molecular weight is 278 g/mol. The first kappa shape index (κ1) is 16.0. The zero-order chi connectivity index (χ0) is 13.9. The van der Waals surface area contributed by atoms with E-state index in [4.69, 9.17) is 0 Å². The predicted molar refractivity (Wildman–Crippen MR) is 52.3 cm³/mol. The predicted octanol–water partition coefficient (Wildman–Crippen LogP) is 0.908. The van der Waals surface area contributed by atoms with E-state index >= 15 is 0 Å². The second-order valence-electron chi connectivity index (χ2n) is 4.04. The highest BCUT2D eigenvalue weighted by molar-refractivity contribution is 7.88. The van der Waals surface area contributed by atoms with E-state index in [2.05, 4.69) is 4.74 Å². The molecule has 0 unspecified atom stereocenters. The van der Waals surface area contributed by atoms with Crippen LogP contribution < -0.4 is 9.44 Å². The third-order valence-electron chi connectivity index (χ3n) is 1.08. The number of ether oxygens (including phenoxy) is 1. The summed E-state index contributed by atoms with van der Waals surface area (Å²) in [6.07, 6.45) is -6.06. The van der Waals surface area contributed by atoms with Crippen LogP contribution in [0.2, 0.25) is 0 Å². The minimum atomic E-state index is -4.71. The molecule has 6 nitrogen and oxygen atoms in total. The summed E-state index contributed by atoms with van der Waals surface area (Å²) >= 11 is 0. The van der Waals surface area contributed by atoms with Crippen molar-refractivity contribution in [3.63, 3.8) is 0 Å². The Labute approximate surface area is 96.7 Å². The van der Waals surface area contributed by atoms with Crippen molar-refractivity contribution in [1.29, 1.82) is 0 Å². The zero-order valence-corrected chi connectivity index (χ0v) is 10.2. The van der Waals surface area contributed by atoms with Crippen LogP contribution in [-0.2, 0) is 14.9 Å². The van der Waals surface area contributed by atoms with Gasteiger partial charge in [-0.05, 0) is 20.8 Å². The topological polar surface area (TPSA) is 84.5 Å². The normalized spacial score (nSPS) is 13.3. The first-order valence-electron chi connectivity index (χ1n) is 4.38. The van der Waals surface area contributed by atoms with E-state index in [1.165, 1.54) is 25.5 Å². The van der Waals surface area contributed by atoms with Crippen molar-refractivity contribution in [3.8, 4) is 0 Å². The van der Waals surface area contributed by atoms with Crippen LogP contribution in [0.3, 0.4) is 0 Å². The van der Waals surface area contributed by atoms with Crippen LogP contribution in [-0.4, -0.2) is 32.8 Å². The molecular weight excluding hydrogens is 265 g/mol. The Morgan fingerprint density at radius 2 is 1.71 bits per heavy atom. The van der Waals surface area contributed by atoms with Gasteiger partial charge in [0.2, 0.25) is 0 Å². The fraction of sp³-hybridized carbons (Fsp3) is 0.857. The zero-order valence-electron chi connectivity index (χ0n) is 9.38. The molecule has 0 rings (SSSR count). The van der Waals surface area contributed by atoms with E-state index < -0.39 is 34.6 Å². The third kappa shape index (κ3) is 9.87. The number of carbonyl (C=O) groups is 1. The molecule has 0 aliphatic rings. The molecule has 10 heteroatoms. The molecule has 0 aromatic carbocycles. The Morgan fingerprint density at radius 3 is 2.06 bits per heavy atom. The van der Waals surface area contributed by atoms with Gasteiger partial charge in [0.1, 0.15) is 12.1 Å². The molecule has 0 aliphatic carbocycles. The van der Waals surface area contributed by atoms with Crippen LogP contribution in [0.15, 0.2) is 0 Å². The van der Waals surface area contributed by atoms with Crippen LogP contribution >= 0.6 is 0 Å². The maximum Gasteiger partial charge on any atom is 0.422 e. The second-order valence-corrected chi connectivity index (χ2v) is 5.54. The Bertz CT molecular complexity index is 372. The van der Waals surface area contributed by atoms with Crippen molar-refractivity contribution in [2.45, 2.75) is 32.5 Å². The fourth-order valence-electron chi connectivity index (χ4n) is 0.622. The first-order chi connectivity index (χ1) is 7.31. The number of rotatable bonds is 3. The highest BCUT2D eigenvalue weighted by atomic mass is 32.2. The van der Waals surface area contributed by atoms with E-state index in [1.807, 2.05) is 0 Å². The van der Waals surface area contributed by atoms with Gasteiger partial charge in [-0.15, -0.1) is 0 Å². The van der Waals surface area contributed by atoms with Crippen LogP contribution in [0, 0.1) is 0 Å². The monoisotopic (exact) mass is 278 g/mol. The molecule has 0 aromatic heterocycles. The number of hydrogen-bond acceptors (Lipinski definition) is 4. The molecule has 0 fully saturated rings. The van der Waals surface area contributed by atoms with Gasteiger partial charge < -0.3 is 4.74 Å². The van der Waals surface area contributed by atoms with Gasteiger partial charge >= 0.3 is 22.5 Å². The third-order valence-corrected chi connectivity index (χ3v) is 2.04. The van der Waals surface area contributed by atoms with Gasteiger partial charge in [0.05, 0.1) is 0 Å². The summed E-state index contributed by atoms with van der Waals surface area (Å²) in [6.45, 7) is 2.65. The molecule has 0 saturated heterocycles. The molecule has 0 heterocycles. The van der Waals surface area contributed by atoms with E-state index in [0.717, 1.165) is 4.72 Å². The molecule has 1 amide bonds. The first-order valence-corrected chi connectivity index (χ1v) is 5.86. The Kier molecular flexibility index (Phi) is 4.78. The summed E-state index contributed by atoms with van der Waals surface area (Å²) in [7, 11) is -4.58. The lowest BCUT2D eigenvalue weighted by Crippen LogP contribution is -2.45. The lowest BCUT2D eigenvalue weighted by Gasteiger charge is -2.19. The molecule has 0 spiro atoms. The maximum atomic E-state index is 11.7. The molecule has 0 atom stereocenters. The quantitative estimate of drug-likeness (QED) is 0.803. The van der Waals surface area contributed by atoms with Gasteiger partial charge in [0.25, 0.3) is 0 Å². The van der Waals surface area contributed by atoms with Crippen molar-refractivity contribution >= 4 is 16.3 Å². The van der Waals surface area contributed by atoms with Crippen molar-refractivity contribution in [2.24, 2.45) is 0 Å². The molecule has 0 radical (unpaired) electrons. The summed E-state index contributed by atoms with van der Waals surface area (Å²) in [5.41, 5.74) is -0.955. The highest BCUT2D eigenvalue weighted by Crippen LogP contribution is 2.12. The molecule has 0 aliphatic heterocycles. The number of carbonyl (C=O) groups excluding carboxylic acids is 1. The molecule has 17 heavy (non-hydrogen) atoms. The van der Waals surface area contributed by atoms with Gasteiger partial charge in [-0.3, -0.25) is 0 Å². The molecule has 102 valence electrons. The standard InChI is InChI=1S/C7H13F3N2O4S/c1-6(2,3)16-5(13)12-17(14,15)11-4-7(8,9)10/h11H,4H2,1-3H3,(H,12,13). The summed E-state index contributed by atoms with van der Waals surface area (Å²) in [5, 5.41) is 0. The molecule has 2 N–H and O–H groups in total. The minimum absolute atomic E-state index is 0.955. The van der Waals surface area contributed by atoms with E-state index in [0.29, 0.717) is 0 Å². The number of hydrogen-bond donors (Lipinski definition) is 2. The average Bonchev–Trinajstić information content (AvgIpc) is 1.94. The lowest BCUT2D eigenvalue weighted by atomic mass is 10.2. The fourth-order valence-corrected chi connectivity index (χ4v) is 1.31. The van der Waals surface area contributed by atoms with Crippen molar-refractivity contribution < 1.29 is 31.1 Å². The summed E-state index contributed by atoms with van der Waals surface area (Å²) in [5.74, 6) is 0. The van der Waals surface area contributed by atoms with Gasteiger partial charge in [-0.1, -0.05) is 0 Å². The smallest absolute Gasteiger partial charge is 0.422 e. The molecule has 0 aromatic rings. The summed E-state index contributed by atoms with van der Waals surface area (Å²) in [4.78, 5) is 11.0. The van der Waals surface area contributed by atoms with Crippen LogP contribution in [0.1, 0.15) is 20.8 Å². The number of alkyl halides is 3. The van der Waals surface area contributed by atoms with E-state index in [-0.39, 0.29) is 0 Å². The summed E-state index contributed by atoms with van der Waals surface area (Å²) < 4.78 is 64.1. The minimum Gasteiger partial charge on any atom is -0.443 e. The number of amides is 1. The Morgan fingerprint density at radius 1 is 1.24 bits per heavy atom. The second kappa shape index (κ2) is 5.08. The Hall–Kier alpha value is -1.03. The van der Waals surface area contributed by atoms with Crippen LogP contribution in [0.5, 0.6) is 0 Å². The number of nitrogens with one attached hydrogen (secondary N) is 2. The van der Waals surface area contributed by atoms with Crippen molar-refractivity contribution in [1.82, 2.24) is 9.44 Å². The lowest BCUT2D eigenvalue weighted by molar-refractivity contribution is -0.121. The molecule has 0 saturated carbocycles. The van der Waals surface area contributed by atoms with Gasteiger partial charge in [-0.2, -0.15) is 26.3 Å². The van der Waals surface area contributed by atoms with Crippen LogP contribution in [0.4, 0.5) is 18.0 Å². The van der Waals surface area contributed by atoms with Crippen molar-refractivity contribution in [3.05, 3.63) is 0 Å². The van der Waals surface area contributed by atoms with E-state index in [1.54, 1.807) is 0 Å².